The maximum Gasteiger partial charge on any atom is 0.311 e. The second-order valence-corrected chi connectivity index (χ2v) is 7.82. The van der Waals surface area contributed by atoms with Crippen LogP contribution < -0.4 is 16.4 Å². The van der Waals surface area contributed by atoms with Gasteiger partial charge in [0.25, 0.3) is 11.2 Å². The van der Waals surface area contributed by atoms with Gasteiger partial charge in [0, 0.05) is 18.6 Å². The molecule has 0 saturated heterocycles. The van der Waals surface area contributed by atoms with Gasteiger partial charge in [0.05, 0.1) is 44.7 Å². The van der Waals surface area contributed by atoms with Crippen LogP contribution in [0.4, 0.5) is 11.4 Å². The summed E-state index contributed by atoms with van der Waals surface area (Å²) < 4.78 is 4.75. The first-order chi connectivity index (χ1) is 16.2. The van der Waals surface area contributed by atoms with E-state index in [2.05, 4.69) is 15.3 Å². The second-order valence-electron chi connectivity index (χ2n) is 7.00. The largest absolute Gasteiger partial charge is 0.469 e. The van der Waals surface area contributed by atoms with Crippen molar-refractivity contribution >= 4 is 57.5 Å². The molecule has 2 aromatic carbocycles. The van der Waals surface area contributed by atoms with Crippen molar-refractivity contribution in [3.63, 3.8) is 0 Å². The number of amides is 1. The van der Waals surface area contributed by atoms with Gasteiger partial charge in [0.2, 0.25) is 5.91 Å². The summed E-state index contributed by atoms with van der Waals surface area (Å²) in [5.41, 5.74) is 1.41. The van der Waals surface area contributed by atoms with E-state index in [1.165, 1.54) is 0 Å². The Morgan fingerprint density at radius 3 is 2.50 bits per heavy atom. The fourth-order valence-electron chi connectivity index (χ4n) is 3.22. The number of benzene rings is 2. The second kappa shape index (κ2) is 10.6. The molecular weight excluding hydrogens is 493 g/mol. The number of ether oxygens (including phenoxy) is 1. The van der Waals surface area contributed by atoms with Gasteiger partial charge in [-0.2, -0.15) is 5.48 Å². The third-order valence-corrected chi connectivity index (χ3v) is 5.49. The number of esters is 1. The average molecular weight is 510 g/mol. The van der Waals surface area contributed by atoms with E-state index >= 15 is 0 Å². The van der Waals surface area contributed by atoms with Gasteiger partial charge in [-0.3, -0.25) is 24.5 Å². The standard InChI is InChI=1S/C20H17Cl2N5O7/c1-34-20(30)10(8-15-18(28)24-14-5-3-2-4-13(14)23-15)16(26-31)19(29)25-17-11(21)6-9(27(32)33)7-12(17)22/h2-7,10,16,26,31H,8H2,1H3,(H,24,28)(H,25,29)/t10-,16-/m0/s1. The van der Waals surface area contributed by atoms with E-state index in [1.54, 1.807) is 29.7 Å². The summed E-state index contributed by atoms with van der Waals surface area (Å²) in [4.78, 5) is 55.0. The molecule has 3 aromatic rings. The summed E-state index contributed by atoms with van der Waals surface area (Å²) in [5, 5.41) is 22.5. The van der Waals surface area contributed by atoms with Crippen molar-refractivity contribution < 1.29 is 24.5 Å². The number of methoxy groups -OCH3 is 1. The predicted molar refractivity (Wildman–Crippen MR) is 122 cm³/mol. The number of nitrogens with zero attached hydrogens (tertiary/aromatic N) is 2. The van der Waals surface area contributed by atoms with Crippen molar-refractivity contribution in [2.45, 2.75) is 12.5 Å². The van der Waals surface area contributed by atoms with Crippen LogP contribution in [0.3, 0.4) is 0 Å². The van der Waals surface area contributed by atoms with E-state index in [-0.39, 0.29) is 27.8 Å². The number of aromatic amines is 1. The molecule has 1 heterocycles. The van der Waals surface area contributed by atoms with Crippen LogP contribution in [0.25, 0.3) is 11.0 Å². The number of halogens is 2. The third kappa shape index (κ3) is 5.31. The van der Waals surface area contributed by atoms with Crippen LogP contribution in [-0.2, 0) is 20.7 Å². The van der Waals surface area contributed by atoms with E-state index in [4.69, 9.17) is 27.9 Å². The summed E-state index contributed by atoms with van der Waals surface area (Å²) in [5.74, 6) is -3.30. The zero-order valence-corrected chi connectivity index (χ0v) is 18.9. The van der Waals surface area contributed by atoms with Crippen molar-refractivity contribution in [3.8, 4) is 0 Å². The highest BCUT2D eigenvalue weighted by Gasteiger charge is 2.36. The van der Waals surface area contributed by atoms with E-state index in [9.17, 15) is 29.7 Å². The summed E-state index contributed by atoms with van der Waals surface area (Å²) in [6.07, 6.45) is -0.375. The number of nitrogens with one attached hydrogen (secondary N) is 3. The van der Waals surface area contributed by atoms with Gasteiger partial charge in [0.15, 0.2) is 0 Å². The Kier molecular flexibility index (Phi) is 7.79. The first kappa shape index (κ1) is 25.1. The molecule has 0 bridgehead atoms. The molecule has 4 N–H and O–H groups in total. The fraction of sp³-hybridized carbons (Fsp3) is 0.200. The molecule has 34 heavy (non-hydrogen) atoms. The fourth-order valence-corrected chi connectivity index (χ4v) is 3.79. The highest BCUT2D eigenvalue weighted by atomic mass is 35.5. The number of non-ortho nitro benzene ring substituents is 1. The Morgan fingerprint density at radius 2 is 1.91 bits per heavy atom. The quantitative estimate of drug-likeness (QED) is 0.201. The van der Waals surface area contributed by atoms with Gasteiger partial charge < -0.3 is 20.2 Å². The Morgan fingerprint density at radius 1 is 1.26 bits per heavy atom. The molecule has 0 aliphatic heterocycles. The van der Waals surface area contributed by atoms with Crippen LogP contribution in [0.15, 0.2) is 41.2 Å². The smallest absolute Gasteiger partial charge is 0.311 e. The Hall–Kier alpha value is -3.58. The van der Waals surface area contributed by atoms with Gasteiger partial charge in [-0.05, 0) is 12.1 Å². The minimum Gasteiger partial charge on any atom is -0.469 e. The molecule has 0 saturated carbocycles. The van der Waals surface area contributed by atoms with Crippen molar-refractivity contribution in [1.82, 2.24) is 15.4 Å². The molecule has 14 heteroatoms. The van der Waals surface area contributed by atoms with E-state index in [0.717, 1.165) is 19.2 Å². The number of hydrogen-bond donors (Lipinski definition) is 4. The lowest BCUT2D eigenvalue weighted by molar-refractivity contribution is -0.384. The number of hydroxylamine groups is 1. The summed E-state index contributed by atoms with van der Waals surface area (Å²) in [6.45, 7) is 0. The van der Waals surface area contributed by atoms with Crippen LogP contribution in [-0.4, -0.2) is 45.1 Å². The number of anilines is 1. The molecule has 0 radical (unpaired) electrons. The number of aromatic nitrogens is 2. The molecule has 2 atom stereocenters. The lowest BCUT2D eigenvalue weighted by Gasteiger charge is -2.23. The molecule has 12 nitrogen and oxygen atoms in total. The number of carbonyl (C=O) groups excluding carboxylic acids is 2. The van der Waals surface area contributed by atoms with Gasteiger partial charge in [-0.1, -0.05) is 35.3 Å². The summed E-state index contributed by atoms with van der Waals surface area (Å²) in [6, 6.07) is 7.02. The first-order valence-corrected chi connectivity index (χ1v) is 10.3. The molecule has 1 amide bonds. The highest BCUT2D eigenvalue weighted by Crippen LogP contribution is 2.35. The number of para-hydroxylation sites is 2. The Balaban J connectivity index is 1.93. The van der Waals surface area contributed by atoms with Crippen LogP contribution in [0, 0.1) is 16.0 Å². The van der Waals surface area contributed by atoms with Crippen LogP contribution in [0.1, 0.15) is 5.69 Å². The lowest BCUT2D eigenvalue weighted by atomic mass is 9.94. The van der Waals surface area contributed by atoms with Gasteiger partial charge in [-0.15, -0.1) is 0 Å². The minimum atomic E-state index is -1.64. The van der Waals surface area contributed by atoms with Crippen molar-refractivity contribution in [1.29, 1.82) is 0 Å². The van der Waals surface area contributed by atoms with Gasteiger partial charge in [-0.25, -0.2) is 4.98 Å². The topological polar surface area (TPSA) is 177 Å². The summed E-state index contributed by atoms with van der Waals surface area (Å²) >= 11 is 12.0. The zero-order chi connectivity index (χ0) is 25.0. The molecule has 0 aliphatic carbocycles. The van der Waals surface area contributed by atoms with E-state index < -0.39 is 40.0 Å². The molecule has 1 aromatic heterocycles. The lowest BCUT2D eigenvalue weighted by Crippen LogP contribution is -2.49. The number of nitro benzene ring substituents is 1. The third-order valence-electron chi connectivity index (χ3n) is 4.90. The van der Waals surface area contributed by atoms with Crippen LogP contribution >= 0.6 is 23.2 Å². The number of hydrogen-bond acceptors (Lipinski definition) is 9. The molecular formula is C20H17Cl2N5O7. The number of rotatable bonds is 8. The molecule has 0 aliphatic rings. The molecule has 0 fully saturated rings. The number of fused-ring (bicyclic) bond motifs is 1. The molecule has 178 valence electrons. The van der Waals surface area contributed by atoms with Crippen molar-refractivity contribution in [3.05, 3.63) is 72.6 Å². The minimum absolute atomic E-state index is 0.0754. The molecule has 0 unspecified atom stereocenters. The zero-order valence-electron chi connectivity index (χ0n) is 17.4. The average Bonchev–Trinajstić information content (AvgIpc) is 2.80. The number of H-pyrrole nitrogens is 1. The number of carbonyl (C=O) groups is 2. The maximum absolute atomic E-state index is 12.9. The van der Waals surface area contributed by atoms with Crippen LogP contribution in [0.2, 0.25) is 10.0 Å². The van der Waals surface area contributed by atoms with E-state index in [0.29, 0.717) is 11.0 Å². The van der Waals surface area contributed by atoms with Crippen molar-refractivity contribution in [2.75, 3.05) is 12.4 Å². The van der Waals surface area contributed by atoms with Crippen molar-refractivity contribution in [2.24, 2.45) is 5.92 Å². The first-order valence-electron chi connectivity index (χ1n) is 9.56. The van der Waals surface area contributed by atoms with Gasteiger partial charge >= 0.3 is 5.97 Å². The molecule has 3 rings (SSSR count). The normalized spacial score (nSPS) is 12.7. The monoisotopic (exact) mass is 509 g/mol. The molecule has 0 spiro atoms. The SMILES string of the molecule is COC(=O)[C@@H](Cc1nc2ccccc2[nH]c1=O)[C@H](NO)C(=O)Nc1c(Cl)cc([N+](=O)[O-])cc1Cl. The Labute approximate surface area is 201 Å². The maximum atomic E-state index is 12.9. The highest BCUT2D eigenvalue weighted by molar-refractivity contribution is 6.40. The van der Waals surface area contributed by atoms with Gasteiger partial charge in [0.1, 0.15) is 11.7 Å². The predicted octanol–water partition coefficient (Wildman–Crippen LogP) is 2.46. The summed E-state index contributed by atoms with van der Waals surface area (Å²) in [7, 11) is 1.07. The Bertz CT molecular complexity index is 1310. The van der Waals surface area contributed by atoms with E-state index in [1.807, 2.05) is 0 Å². The van der Waals surface area contributed by atoms with Crippen LogP contribution in [0.5, 0.6) is 0 Å². The number of nitro groups is 1.